The summed E-state index contributed by atoms with van der Waals surface area (Å²) >= 11 is 10.7. The number of fused-ring (bicyclic) bond motifs is 1. The average Bonchev–Trinajstić information content (AvgIpc) is 3.05. The van der Waals surface area contributed by atoms with Crippen LogP contribution < -0.4 is 14.9 Å². The molecule has 3 aromatic rings. The average molecular weight is 534 g/mol. The van der Waals surface area contributed by atoms with Gasteiger partial charge in [0, 0.05) is 15.1 Å². The maximum atomic E-state index is 13.5. The zero-order chi connectivity index (χ0) is 23.0. The molecular formula is C23H18BrClN2O4S. The largest absolute Gasteiger partial charge is 0.507 e. The number of phenolic OH excluding ortho intramolecular Hbond substituents is 1. The number of carbonyl (C=O) groups is 1. The van der Waals surface area contributed by atoms with Crippen molar-refractivity contribution in [3.8, 4) is 5.75 Å². The highest BCUT2D eigenvalue weighted by Crippen LogP contribution is 2.31. The maximum absolute atomic E-state index is 13.5. The minimum Gasteiger partial charge on any atom is -0.507 e. The van der Waals surface area contributed by atoms with Crippen molar-refractivity contribution in [3.63, 3.8) is 0 Å². The van der Waals surface area contributed by atoms with Gasteiger partial charge in [-0.05, 0) is 55.8 Å². The Morgan fingerprint density at radius 1 is 1.31 bits per heavy atom. The van der Waals surface area contributed by atoms with E-state index in [2.05, 4.69) is 20.9 Å². The molecule has 164 valence electrons. The van der Waals surface area contributed by atoms with Gasteiger partial charge < -0.3 is 9.84 Å². The first-order valence-electron chi connectivity index (χ1n) is 9.73. The molecule has 0 spiro atoms. The molecule has 1 atom stereocenters. The molecule has 1 aliphatic heterocycles. The predicted molar refractivity (Wildman–Crippen MR) is 128 cm³/mol. The third-order valence-electron chi connectivity index (χ3n) is 4.98. The summed E-state index contributed by atoms with van der Waals surface area (Å²) in [6.07, 6.45) is 1.58. The van der Waals surface area contributed by atoms with Gasteiger partial charge in [-0.25, -0.2) is 9.79 Å². The van der Waals surface area contributed by atoms with Crippen molar-refractivity contribution in [1.82, 2.24) is 4.57 Å². The van der Waals surface area contributed by atoms with Gasteiger partial charge in [0.05, 0.1) is 28.5 Å². The number of carbonyl (C=O) groups excluding carboxylic acids is 1. The van der Waals surface area contributed by atoms with Gasteiger partial charge in [-0.15, -0.1) is 0 Å². The van der Waals surface area contributed by atoms with Gasteiger partial charge in [-0.2, -0.15) is 0 Å². The van der Waals surface area contributed by atoms with Crippen molar-refractivity contribution in [2.24, 2.45) is 4.99 Å². The number of nitrogens with zero attached hydrogens (tertiary/aromatic N) is 2. The molecule has 0 radical (unpaired) electrons. The molecule has 1 aromatic heterocycles. The lowest BCUT2D eigenvalue weighted by molar-refractivity contribution is -0.139. The number of hydrogen-bond donors (Lipinski definition) is 1. The fraction of sp³-hybridized carbons (Fsp3) is 0.174. The molecule has 32 heavy (non-hydrogen) atoms. The Morgan fingerprint density at radius 2 is 2.03 bits per heavy atom. The van der Waals surface area contributed by atoms with E-state index in [1.165, 1.54) is 22.0 Å². The molecule has 6 nitrogen and oxygen atoms in total. The van der Waals surface area contributed by atoms with Crippen molar-refractivity contribution in [1.29, 1.82) is 0 Å². The third-order valence-corrected chi connectivity index (χ3v) is 6.73. The van der Waals surface area contributed by atoms with E-state index in [0.29, 0.717) is 31.2 Å². The van der Waals surface area contributed by atoms with E-state index in [9.17, 15) is 14.7 Å². The van der Waals surface area contributed by atoms with E-state index >= 15 is 0 Å². The summed E-state index contributed by atoms with van der Waals surface area (Å²) in [7, 11) is 0. The van der Waals surface area contributed by atoms with Crippen LogP contribution in [0.2, 0.25) is 5.02 Å². The number of allylic oxidation sites excluding steroid dienone is 1. The maximum Gasteiger partial charge on any atom is 0.338 e. The summed E-state index contributed by atoms with van der Waals surface area (Å²) in [5, 5.41) is 10.6. The van der Waals surface area contributed by atoms with E-state index in [0.717, 1.165) is 10.0 Å². The molecule has 0 saturated carbocycles. The molecule has 0 aliphatic carbocycles. The lowest BCUT2D eigenvalue weighted by atomic mass is 9.96. The summed E-state index contributed by atoms with van der Waals surface area (Å²) < 4.78 is 8.02. The van der Waals surface area contributed by atoms with Crippen LogP contribution in [-0.4, -0.2) is 22.2 Å². The Labute approximate surface area is 200 Å². The molecule has 9 heteroatoms. The topological polar surface area (TPSA) is 80.9 Å². The van der Waals surface area contributed by atoms with Crippen molar-refractivity contribution in [3.05, 3.63) is 94.0 Å². The number of thiazole rings is 1. The van der Waals surface area contributed by atoms with Gasteiger partial charge >= 0.3 is 5.97 Å². The molecule has 0 fully saturated rings. The summed E-state index contributed by atoms with van der Waals surface area (Å²) in [5.41, 5.74) is 1.66. The second-order valence-corrected chi connectivity index (χ2v) is 9.42. The van der Waals surface area contributed by atoms with Gasteiger partial charge in [0.2, 0.25) is 0 Å². The smallest absolute Gasteiger partial charge is 0.338 e. The summed E-state index contributed by atoms with van der Waals surface area (Å²) in [4.78, 5) is 31.3. The summed E-state index contributed by atoms with van der Waals surface area (Å²) in [6, 6.07) is 11.3. The standard InChI is InChI=1S/C23H18BrClN2O4S/c1-3-31-22(30)19-12(2)26-23-27(20(19)13-4-6-15(24)7-5-13)21(29)18(32-23)11-14-10-16(25)8-9-17(14)28/h4-11,20,28H,3H2,1-2H3/b18-11-/t20-/m0/s1. The highest BCUT2D eigenvalue weighted by molar-refractivity contribution is 9.10. The Morgan fingerprint density at radius 3 is 2.72 bits per heavy atom. The lowest BCUT2D eigenvalue weighted by Gasteiger charge is -2.24. The normalized spacial score (nSPS) is 16.0. The molecule has 0 bridgehead atoms. The molecule has 0 unspecified atom stereocenters. The summed E-state index contributed by atoms with van der Waals surface area (Å²) in [5.74, 6) is -0.503. The predicted octanol–water partition coefficient (Wildman–Crippen LogP) is 3.92. The molecule has 1 N–H and O–H groups in total. The van der Waals surface area contributed by atoms with Crippen LogP contribution in [0.1, 0.15) is 31.0 Å². The van der Waals surface area contributed by atoms with Crippen molar-refractivity contribution in [2.75, 3.05) is 6.61 Å². The van der Waals surface area contributed by atoms with Crippen molar-refractivity contribution >= 4 is 50.9 Å². The fourth-order valence-electron chi connectivity index (χ4n) is 3.53. The van der Waals surface area contributed by atoms with Crippen LogP contribution in [0.15, 0.2) is 68.0 Å². The van der Waals surface area contributed by atoms with Gasteiger partial charge in [0.25, 0.3) is 5.56 Å². The Bertz CT molecular complexity index is 1420. The Kier molecular flexibility index (Phi) is 6.37. The highest BCUT2D eigenvalue weighted by atomic mass is 79.9. The van der Waals surface area contributed by atoms with E-state index in [1.807, 2.05) is 24.3 Å². The number of hydrogen-bond acceptors (Lipinski definition) is 6. The molecule has 2 heterocycles. The zero-order valence-electron chi connectivity index (χ0n) is 17.1. The fourth-order valence-corrected chi connectivity index (χ4v) is 5.02. The van der Waals surface area contributed by atoms with Gasteiger partial charge in [0.15, 0.2) is 4.80 Å². The first-order valence-corrected chi connectivity index (χ1v) is 11.7. The van der Waals surface area contributed by atoms with Crippen LogP contribution in [0.3, 0.4) is 0 Å². The molecule has 2 aromatic carbocycles. The van der Waals surface area contributed by atoms with E-state index < -0.39 is 12.0 Å². The van der Waals surface area contributed by atoms with Crippen LogP contribution in [0.25, 0.3) is 6.08 Å². The molecule has 4 rings (SSSR count). The number of benzene rings is 2. The number of halogens is 2. The van der Waals surface area contributed by atoms with Gasteiger partial charge in [0.1, 0.15) is 5.75 Å². The lowest BCUT2D eigenvalue weighted by Crippen LogP contribution is -2.39. The molecular weight excluding hydrogens is 516 g/mol. The molecule has 1 aliphatic rings. The van der Waals surface area contributed by atoms with Gasteiger partial charge in [-0.3, -0.25) is 9.36 Å². The van der Waals surface area contributed by atoms with E-state index in [1.54, 1.807) is 32.1 Å². The van der Waals surface area contributed by atoms with E-state index in [4.69, 9.17) is 16.3 Å². The van der Waals surface area contributed by atoms with Crippen LogP contribution in [0, 0.1) is 0 Å². The number of aromatic nitrogens is 1. The van der Waals surface area contributed by atoms with Crippen LogP contribution in [0.4, 0.5) is 0 Å². The van der Waals surface area contributed by atoms with E-state index in [-0.39, 0.29) is 17.9 Å². The first kappa shape index (κ1) is 22.5. The summed E-state index contributed by atoms with van der Waals surface area (Å²) in [6.45, 7) is 3.67. The van der Waals surface area contributed by atoms with Gasteiger partial charge in [-0.1, -0.05) is 51.0 Å². The quantitative estimate of drug-likeness (QED) is 0.516. The molecule has 0 saturated heterocycles. The third kappa shape index (κ3) is 4.18. The number of aromatic hydroxyl groups is 1. The van der Waals surface area contributed by atoms with Crippen molar-refractivity contribution in [2.45, 2.75) is 19.9 Å². The second kappa shape index (κ2) is 9.05. The van der Waals surface area contributed by atoms with Crippen molar-refractivity contribution < 1.29 is 14.6 Å². The number of phenols is 1. The minimum atomic E-state index is -0.687. The number of rotatable bonds is 4. The molecule has 0 amide bonds. The number of ether oxygens (including phenoxy) is 1. The monoisotopic (exact) mass is 532 g/mol. The zero-order valence-corrected chi connectivity index (χ0v) is 20.3. The highest BCUT2D eigenvalue weighted by Gasteiger charge is 2.33. The minimum absolute atomic E-state index is 0.00749. The van der Waals surface area contributed by atoms with Crippen LogP contribution in [0.5, 0.6) is 5.75 Å². The van der Waals surface area contributed by atoms with Crippen LogP contribution in [-0.2, 0) is 9.53 Å². The van der Waals surface area contributed by atoms with Crippen LogP contribution >= 0.6 is 38.9 Å². The Hall–Kier alpha value is -2.68. The first-order chi connectivity index (χ1) is 15.3. The SMILES string of the molecule is CCOC(=O)C1=C(C)N=c2s/c(=C\c3cc(Cl)ccc3O)c(=O)n2[C@H]1c1ccc(Br)cc1. The second-order valence-electron chi connectivity index (χ2n) is 7.06. The Balaban J connectivity index is 1.97. The number of esters is 1.